The Balaban J connectivity index is 1.49. The lowest BCUT2D eigenvalue weighted by Gasteiger charge is -2.39. The van der Waals surface area contributed by atoms with Crippen LogP contribution in [0.5, 0.6) is 0 Å². The summed E-state index contributed by atoms with van der Waals surface area (Å²) in [5.41, 5.74) is 3.53. The number of hydrogen-bond acceptors (Lipinski definition) is 3. The van der Waals surface area contributed by atoms with E-state index in [0.717, 1.165) is 41.4 Å². The smallest absolute Gasteiger partial charge is 0.254 e. The molecular formula is C28H26F2N4O. The summed E-state index contributed by atoms with van der Waals surface area (Å²) in [5, 5.41) is 7.96. The number of halogens is 2. The van der Waals surface area contributed by atoms with Gasteiger partial charge in [0.2, 0.25) is 0 Å². The number of nitrogens with zero attached hydrogens (tertiary/aromatic N) is 3. The second kappa shape index (κ2) is 9.70. The highest BCUT2D eigenvalue weighted by atomic mass is 19.1. The van der Waals surface area contributed by atoms with Gasteiger partial charge in [0.15, 0.2) is 0 Å². The molecule has 3 aromatic carbocycles. The minimum Gasteiger partial charge on any atom is -0.376 e. The first-order valence-corrected chi connectivity index (χ1v) is 11.7. The maximum absolute atomic E-state index is 15.0. The lowest BCUT2D eigenvalue weighted by Crippen LogP contribution is -2.48. The first-order valence-electron chi connectivity index (χ1n) is 11.7. The van der Waals surface area contributed by atoms with Crippen LogP contribution in [0, 0.1) is 11.6 Å². The molecule has 1 fully saturated rings. The van der Waals surface area contributed by atoms with Crippen molar-refractivity contribution in [3.63, 3.8) is 0 Å². The van der Waals surface area contributed by atoms with E-state index in [1.54, 1.807) is 29.4 Å². The predicted molar refractivity (Wildman–Crippen MR) is 133 cm³/mol. The molecule has 1 aliphatic rings. The molecule has 1 aliphatic heterocycles. The Hall–Kier alpha value is -4.00. The van der Waals surface area contributed by atoms with Gasteiger partial charge in [0.25, 0.3) is 5.91 Å². The Labute approximate surface area is 202 Å². The zero-order valence-electron chi connectivity index (χ0n) is 19.3. The van der Waals surface area contributed by atoms with Crippen LogP contribution < -0.4 is 0 Å². The van der Waals surface area contributed by atoms with Gasteiger partial charge in [0, 0.05) is 42.2 Å². The number of H-pyrrole nitrogens is 1. The number of amides is 1. The van der Waals surface area contributed by atoms with Crippen LogP contribution in [0.3, 0.4) is 0 Å². The molecule has 0 bridgehead atoms. The monoisotopic (exact) mass is 472 g/mol. The summed E-state index contributed by atoms with van der Waals surface area (Å²) >= 11 is 0. The van der Waals surface area contributed by atoms with E-state index >= 15 is 4.39 Å². The van der Waals surface area contributed by atoms with Gasteiger partial charge in [-0.1, -0.05) is 18.7 Å². The van der Waals surface area contributed by atoms with Crippen molar-refractivity contribution in [3.8, 4) is 11.1 Å². The van der Waals surface area contributed by atoms with E-state index in [0.29, 0.717) is 17.7 Å². The van der Waals surface area contributed by atoms with Crippen LogP contribution >= 0.6 is 0 Å². The van der Waals surface area contributed by atoms with Gasteiger partial charge in [-0.2, -0.15) is 5.10 Å². The maximum atomic E-state index is 15.0. The molecule has 5 rings (SSSR count). The number of aromatic amines is 1. The van der Waals surface area contributed by atoms with E-state index in [-0.39, 0.29) is 24.3 Å². The molecule has 1 amide bonds. The number of carbonyl (C=O) groups excluding carboxylic acids is 1. The van der Waals surface area contributed by atoms with Crippen molar-refractivity contribution in [1.29, 1.82) is 0 Å². The molecule has 7 heteroatoms. The van der Waals surface area contributed by atoms with Crippen molar-refractivity contribution < 1.29 is 13.6 Å². The summed E-state index contributed by atoms with van der Waals surface area (Å²) in [6, 6.07) is 16.3. The number of fused-ring (bicyclic) bond motifs is 1. The maximum Gasteiger partial charge on any atom is 0.254 e. The highest BCUT2D eigenvalue weighted by molar-refractivity contribution is 5.94. The first-order chi connectivity index (χ1) is 17.0. The Morgan fingerprint density at radius 2 is 1.89 bits per heavy atom. The fourth-order valence-electron chi connectivity index (χ4n) is 4.71. The molecule has 0 aliphatic carbocycles. The molecule has 4 aromatic rings. The Morgan fingerprint density at radius 1 is 1.11 bits per heavy atom. The molecule has 1 atom stereocenters. The van der Waals surface area contributed by atoms with Crippen LogP contribution in [0.15, 0.2) is 79.6 Å². The van der Waals surface area contributed by atoms with Crippen molar-refractivity contribution in [3.05, 3.63) is 102 Å². The Bertz CT molecular complexity index is 1370. The summed E-state index contributed by atoms with van der Waals surface area (Å²) in [5.74, 6) is -1.02. The Kier molecular flexibility index (Phi) is 6.31. The number of carbonyl (C=O) groups is 1. The normalized spacial score (nSPS) is 15.8. The molecule has 1 aromatic heterocycles. The van der Waals surface area contributed by atoms with Crippen molar-refractivity contribution in [2.45, 2.75) is 25.4 Å². The average molecular weight is 473 g/mol. The number of hydrogen-bond donors (Lipinski definition) is 1. The standard InChI is InChI=1S/C28H26F2N4O/c1-2-33-13-3-4-25(18-33)34(28(35)19-5-9-24(29)10-6-19)17-23-15-20(7-11-26(23)30)21-8-12-27-22(14-21)16-31-32-27/h2,5-12,14-16,25H,1,3-4,13,17-18H2,(H,31,32). The van der Waals surface area contributed by atoms with Crippen LogP contribution in [0.1, 0.15) is 28.8 Å². The highest BCUT2D eigenvalue weighted by Crippen LogP contribution is 2.28. The zero-order chi connectivity index (χ0) is 24.4. The Morgan fingerprint density at radius 3 is 2.69 bits per heavy atom. The second-order valence-electron chi connectivity index (χ2n) is 8.89. The SMILES string of the molecule is C=CN1CCCC(N(Cc2cc(-c3ccc4[nH]ncc4c3)ccc2F)C(=O)c2ccc(F)cc2)C1. The van der Waals surface area contributed by atoms with Gasteiger partial charge in [-0.25, -0.2) is 8.78 Å². The van der Waals surface area contributed by atoms with E-state index in [1.807, 2.05) is 18.2 Å². The van der Waals surface area contributed by atoms with Crippen molar-refractivity contribution in [1.82, 2.24) is 20.0 Å². The van der Waals surface area contributed by atoms with Crippen LogP contribution in [0.4, 0.5) is 8.78 Å². The molecule has 5 nitrogen and oxygen atoms in total. The van der Waals surface area contributed by atoms with Crippen molar-refractivity contribution >= 4 is 16.8 Å². The van der Waals surface area contributed by atoms with Gasteiger partial charge in [0.05, 0.1) is 11.7 Å². The van der Waals surface area contributed by atoms with Crippen LogP contribution in [-0.2, 0) is 6.54 Å². The number of benzene rings is 3. The molecule has 0 radical (unpaired) electrons. The molecule has 2 heterocycles. The highest BCUT2D eigenvalue weighted by Gasteiger charge is 2.29. The number of piperidine rings is 1. The molecule has 1 saturated heterocycles. The van der Waals surface area contributed by atoms with Gasteiger partial charge in [-0.05, 0) is 78.7 Å². The molecule has 178 valence electrons. The summed E-state index contributed by atoms with van der Waals surface area (Å²) in [7, 11) is 0. The van der Waals surface area contributed by atoms with Gasteiger partial charge >= 0.3 is 0 Å². The van der Waals surface area contributed by atoms with Gasteiger partial charge in [-0.15, -0.1) is 0 Å². The van der Waals surface area contributed by atoms with Crippen LogP contribution in [0.2, 0.25) is 0 Å². The van der Waals surface area contributed by atoms with E-state index < -0.39 is 5.82 Å². The molecule has 1 N–H and O–H groups in total. The first kappa shape index (κ1) is 22.8. The molecule has 0 saturated carbocycles. The quantitative estimate of drug-likeness (QED) is 0.388. The van der Waals surface area contributed by atoms with Gasteiger partial charge in [0.1, 0.15) is 11.6 Å². The second-order valence-corrected chi connectivity index (χ2v) is 8.89. The van der Waals surface area contributed by atoms with Gasteiger partial charge < -0.3 is 9.80 Å². The van der Waals surface area contributed by atoms with E-state index in [2.05, 4.69) is 21.7 Å². The fraction of sp³-hybridized carbons (Fsp3) is 0.214. The molecule has 0 spiro atoms. The van der Waals surface area contributed by atoms with Crippen molar-refractivity contribution in [2.24, 2.45) is 0 Å². The topological polar surface area (TPSA) is 52.2 Å². The van der Waals surface area contributed by atoms with E-state index in [9.17, 15) is 9.18 Å². The number of rotatable bonds is 6. The number of likely N-dealkylation sites (tertiary alicyclic amines) is 1. The molecular weight excluding hydrogens is 446 g/mol. The molecule has 35 heavy (non-hydrogen) atoms. The van der Waals surface area contributed by atoms with Crippen LogP contribution in [-0.4, -0.2) is 45.0 Å². The summed E-state index contributed by atoms with van der Waals surface area (Å²) < 4.78 is 28.5. The zero-order valence-corrected chi connectivity index (χ0v) is 19.3. The van der Waals surface area contributed by atoms with E-state index in [4.69, 9.17) is 0 Å². The lowest BCUT2D eigenvalue weighted by molar-refractivity contribution is 0.0565. The molecule has 1 unspecified atom stereocenters. The minimum absolute atomic E-state index is 0.111. The van der Waals surface area contributed by atoms with Crippen molar-refractivity contribution in [2.75, 3.05) is 13.1 Å². The summed E-state index contributed by atoms with van der Waals surface area (Å²) in [6.45, 7) is 5.47. The fourth-order valence-corrected chi connectivity index (χ4v) is 4.71. The minimum atomic E-state index is -0.406. The lowest BCUT2D eigenvalue weighted by atomic mass is 9.99. The third-order valence-corrected chi connectivity index (χ3v) is 6.64. The number of aromatic nitrogens is 2. The summed E-state index contributed by atoms with van der Waals surface area (Å²) in [6.07, 6.45) is 5.23. The summed E-state index contributed by atoms with van der Waals surface area (Å²) in [4.78, 5) is 17.4. The third-order valence-electron chi connectivity index (χ3n) is 6.64. The largest absolute Gasteiger partial charge is 0.376 e. The predicted octanol–water partition coefficient (Wildman–Crippen LogP) is 5.76. The third kappa shape index (κ3) is 4.80. The average Bonchev–Trinajstić information content (AvgIpc) is 3.36. The van der Waals surface area contributed by atoms with Crippen LogP contribution in [0.25, 0.3) is 22.0 Å². The van der Waals surface area contributed by atoms with Gasteiger partial charge in [-0.3, -0.25) is 9.89 Å². The van der Waals surface area contributed by atoms with E-state index in [1.165, 1.54) is 30.3 Å². The number of nitrogens with one attached hydrogen (secondary N) is 1.